The van der Waals surface area contributed by atoms with E-state index in [2.05, 4.69) is 29.6 Å². The maximum absolute atomic E-state index is 13.4. The number of alkyl carbamates (subject to hydrolysis) is 1. The van der Waals surface area contributed by atoms with Crippen molar-refractivity contribution in [3.8, 4) is 11.1 Å². The van der Waals surface area contributed by atoms with Crippen molar-refractivity contribution >= 4 is 18.0 Å². The third kappa shape index (κ3) is 3.77. The predicted octanol–water partition coefficient (Wildman–Crippen LogP) is 4.02. The molecule has 1 aliphatic heterocycles. The van der Waals surface area contributed by atoms with E-state index >= 15 is 0 Å². The lowest BCUT2D eigenvalue weighted by Crippen LogP contribution is -2.50. The molecule has 1 heterocycles. The van der Waals surface area contributed by atoms with E-state index in [1.54, 1.807) is 4.90 Å². The van der Waals surface area contributed by atoms with Gasteiger partial charge >= 0.3 is 12.1 Å². The molecule has 7 heteroatoms. The number of rotatable bonds is 6. The van der Waals surface area contributed by atoms with Crippen LogP contribution in [0, 0.1) is 17.3 Å². The Morgan fingerprint density at radius 2 is 1.66 bits per heavy atom. The third-order valence-electron chi connectivity index (χ3n) is 8.58. The van der Waals surface area contributed by atoms with Crippen molar-refractivity contribution in [2.45, 2.75) is 44.1 Å². The SMILES string of the molecule is O=C(NC(C(=O)N1CC(C(=O)O)C2(CCC2)C1)C1CC1)OCC1c2ccccc2-c2ccccc21. The van der Waals surface area contributed by atoms with Crippen LogP contribution in [0.5, 0.6) is 0 Å². The summed E-state index contributed by atoms with van der Waals surface area (Å²) in [5.41, 5.74) is 4.31. The number of benzene rings is 2. The fourth-order valence-electron chi connectivity index (χ4n) is 6.39. The number of ether oxygens (including phenoxy) is 1. The standard InChI is InChI=1S/C28H30N2O5/c31-25(30-14-23(26(32)33)28(16-30)12-5-13-28)24(17-10-11-17)29-27(34)35-15-22-20-8-3-1-6-18(20)19-7-2-4-9-21(19)22/h1-4,6-9,17,22-24H,5,10-16H2,(H,29,34)(H,32,33). The Balaban J connectivity index is 1.12. The highest BCUT2D eigenvalue weighted by molar-refractivity contribution is 5.88. The Kier molecular flexibility index (Phi) is 5.31. The number of fused-ring (bicyclic) bond motifs is 3. The van der Waals surface area contributed by atoms with E-state index in [4.69, 9.17) is 4.74 Å². The summed E-state index contributed by atoms with van der Waals surface area (Å²) in [6.07, 6.45) is 3.87. The average Bonchev–Trinajstić information content (AvgIpc) is 3.51. The quantitative estimate of drug-likeness (QED) is 0.659. The molecule has 1 saturated heterocycles. The molecule has 2 aromatic carbocycles. The maximum Gasteiger partial charge on any atom is 0.407 e. The van der Waals surface area contributed by atoms with Gasteiger partial charge in [0.1, 0.15) is 12.6 Å². The molecule has 2 aromatic rings. The maximum atomic E-state index is 13.4. The van der Waals surface area contributed by atoms with Gasteiger partial charge in [-0.15, -0.1) is 0 Å². The van der Waals surface area contributed by atoms with E-state index in [-0.39, 0.29) is 36.3 Å². The summed E-state index contributed by atoms with van der Waals surface area (Å²) in [6.45, 7) is 0.890. The molecule has 2 N–H and O–H groups in total. The van der Waals surface area contributed by atoms with Crippen LogP contribution in [-0.2, 0) is 14.3 Å². The molecule has 35 heavy (non-hydrogen) atoms. The molecule has 2 saturated carbocycles. The average molecular weight is 475 g/mol. The zero-order valence-corrected chi connectivity index (χ0v) is 19.6. The number of carboxylic acid groups (broad SMARTS) is 1. The lowest BCUT2D eigenvalue weighted by molar-refractivity contribution is -0.146. The first-order valence-corrected chi connectivity index (χ1v) is 12.6. The zero-order chi connectivity index (χ0) is 24.2. The van der Waals surface area contributed by atoms with Crippen LogP contribution in [0.15, 0.2) is 48.5 Å². The van der Waals surface area contributed by atoms with E-state index in [0.29, 0.717) is 6.54 Å². The molecule has 2 amide bonds. The molecule has 0 aromatic heterocycles. The van der Waals surface area contributed by atoms with Gasteiger partial charge in [0.05, 0.1) is 5.92 Å². The molecular formula is C28H30N2O5. The van der Waals surface area contributed by atoms with Crippen molar-refractivity contribution < 1.29 is 24.2 Å². The van der Waals surface area contributed by atoms with Gasteiger partial charge in [0.25, 0.3) is 0 Å². The number of likely N-dealkylation sites (tertiary alicyclic amines) is 1. The summed E-state index contributed by atoms with van der Waals surface area (Å²) in [4.78, 5) is 39.8. The Morgan fingerprint density at radius 3 is 2.17 bits per heavy atom. The molecule has 6 rings (SSSR count). The van der Waals surface area contributed by atoms with Crippen molar-refractivity contribution in [2.24, 2.45) is 17.3 Å². The Labute approximate surface area is 204 Å². The lowest BCUT2D eigenvalue weighted by Gasteiger charge is -2.41. The second kappa shape index (κ2) is 8.40. The van der Waals surface area contributed by atoms with Crippen LogP contribution in [0.2, 0.25) is 0 Å². The highest BCUT2D eigenvalue weighted by atomic mass is 16.5. The van der Waals surface area contributed by atoms with Gasteiger partial charge in [-0.05, 0) is 53.9 Å². The Morgan fingerprint density at radius 1 is 1.03 bits per heavy atom. The molecule has 0 radical (unpaired) electrons. The molecule has 7 nitrogen and oxygen atoms in total. The van der Waals surface area contributed by atoms with Gasteiger partial charge in [-0.2, -0.15) is 0 Å². The van der Waals surface area contributed by atoms with Crippen molar-refractivity contribution in [3.63, 3.8) is 0 Å². The minimum absolute atomic E-state index is 0.0448. The fraction of sp³-hybridized carbons (Fsp3) is 0.464. The van der Waals surface area contributed by atoms with Crippen LogP contribution in [0.1, 0.15) is 49.1 Å². The number of amides is 2. The summed E-state index contributed by atoms with van der Waals surface area (Å²) in [6, 6.07) is 15.7. The van der Waals surface area contributed by atoms with Gasteiger partial charge in [0, 0.05) is 24.4 Å². The number of nitrogens with one attached hydrogen (secondary N) is 1. The van der Waals surface area contributed by atoms with E-state index in [1.807, 2.05) is 24.3 Å². The van der Waals surface area contributed by atoms with Crippen molar-refractivity contribution in [1.82, 2.24) is 10.2 Å². The van der Waals surface area contributed by atoms with E-state index < -0.39 is 24.0 Å². The Bertz CT molecular complexity index is 1140. The number of carbonyl (C=O) groups is 3. The van der Waals surface area contributed by atoms with Crippen LogP contribution < -0.4 is 5.32 Å². The van der Waals surface area contributed by atoms with Gasteiger partial charge in [0.15, 0.2) is 0 Å². The number of carbonyl (C=O) groups excluding carboxylic acids is 2. The number of carboxylic acids is 1. The van der Waals surface area contributed by atoms with E-state index in [9.17, 15) is 19.5 Å². The lowest BCUT2D eigenvalue weighted by atomic mass is 9.63. The van der Waals surface area contributed by atoms with E-state index in [0.717, 1.165) is 54.4 Å². The minimum Gasteiger partial charge on any atom is -0.481 e. The van der Waals surface area contributed by atoms with E-state index in [1.165, 1.54) is 0 Å². The largest absolute Gasteiger partial charge is 0.481 e. The Hall–Kier alpha value is -3.35. The highest BCUT2D eigenvalue weighted by Crippen LogP contribution is 2.52. The summed E-state index contributed by atoms with van der Waals surface area (Å²) >= 11 is 0. The summed E-state index contributed by atoms with van der Waals surface area (Å²) in [5, 5.41) is 12.5. The van der Waals surface area contributed by atoms with Gasteiger partial charge in [-0.3, -0.25) is 9.59 Å². The van der Waals surface area contributed by atoms with Crippen molar-refractivity contribution in [3.05, 3.63) is 59.7 Å². The molecule has 182 valence electrons. The first-order valence-electron chi connectivity index (χ1n) is 12.6. The van der Waals surface area contributed by atoms with Gasteiger partial charge in [-0.1, -0.05) is 55.0 Å². The predicted molar refractivity (Wildman–Crippen MR) is 129 cm³/mol. The third-order valence-corrected chi connectivity index (χ3v) is 8.58. The topological polar surface area (TPSA) is 95.9 Å². The zero-order valence-electron chi connectivity index (χ0n) is 19.6. The van der Waals surface area contributed by atoms with Crippen LogP contribution >= 0.6 is 0 Å². The molecule has 2 atom stereocenters. The molecule has 1 spiro atoms. The normalized spacial score (nSPS) is 22.7. The number of nitrogens with zero attached hydrogens (tertiary/aromatic N) is 1. The number of hydrogen-bond donors (Lipinski definition) is 2. The summed E-state index contributed by atoms with van der Waals surface area (Å²) in [7, 11) is 0. The highest BCUT2D eigenvalue weighted by Gasteiger charge is 2.55. The molecule has 0 bridgehead atoms. The van der Waals surface area contributed by atoms with Crippen LogP contribution in [0.4, 0.5) is 4.79 Å². The van der Waals surface area contributed by atoms with Gasteiger partial charge < -0.3 is 20.1 Å². The first kappa shape index (κ1) is 22.1. The monoisotopic (exact) mass is 474 g/mol. The smallest absolute Gasteiger partial charge is 0.407 e. The minimum atomic E-state index is -0.826. The van der Waals surface area contributed by atoms with Crippen LogP contribution in [-0.4, -0.2) is 53.7 Å². The molecule has 3 fully saturated rings. The molecule has 4 aliphatic rings. The van der Waals surface area contributed by atoms with Crippen LogP contribution in [0.3, 0.4) is 0 Å². The molecule has 3 aliphatic carbocycles. The fourth-order valence-corrected chi connectivity index (χ4v) is 6.39. The first-order chi connectivity index (χ1) is 17.0. The molecule has 2 unspecified atom stereocenters. The number of aliphatic carboxylic acids is 1. The van der Waals surface area contributed by atoms with Crippen LogP contribution in [0.25, 0.3) is 11.1 Å². The van der Waals surface area contributed by atoms with Crippen molar-refractivity contribution in [1.29, 1.82) is 0 Å². The second-order valence-electron chi connectivity index (χ2n) is 10.6. The second-order valence-corrected chi connectivity index (χ2v) is 10.6. The van der Waals surface area contributed by atoms with Crippen molar-refractivity contribution in [2.75, 3.05) is 19.7 Å². The molecular weight excluding hydrogens is 444 g/mol. The summed E-state index contributed by atoms with van der Waals surface area (Å²) in [5.74, 6) is -1.47. The number of hydrogen-bond acceptors (Lipinski definition) is 4. The van der Waals surface area contributed by atoms with Gasteiger partial charge in [-0.25, -0.2) is 4.79 Å². The summed E-state index contributed by atoms with van der Waals surface area (Å²) < 4.78 is 5.68. The van der Waals surface area contributed by atoms with Gasteiger partial charge in [0.2, 0.25) is 5.91 Å².